The molecule has 0 amide bonds. The van der Waals surface area contributed by atoms with Crippen molar-refractivity contribution in [1.82, 2.24) is 0 Å². The van der Waals surface area contributed by atoms with Gasteiger partial charge in [-0.15, -0.1) is 0 Å². The van der Waals surface area contributed by atoms with Gasteiger partial charge in [-0.25, -0.2) is 0 Å². The molecule has 0 aromatic heterocycles. The van der Waals surface area contributed by atoms with Crippen LogP contribution < -0.4 is 10.9 Å². The highest BCUT2D eigenvalue weighted by atomic mass is 16.4. The van der Waals surface area contributed by atoms with Crippen LogP contribution in [-0.2, 0) is 0 Å². The van der Waals surface area contributed by atoms with E-state index in [2.05, 4.69) is 0 Å². The monoisotopic (exact) mass is 194 g/mol. The van der Waals surface area contributed by atoms with Crippen LogP contribution in [-0.4, -0.2) is 40.6 Å². The zero-order valence-corrected chi connectivity index (χ0v) is 7.16. The summed E-state index contributed by atoms with van der Waals surface area (Å²) >= 11 is 0. The fourth-order valence-electron chi connectivity index (χ4n) is 1.07. The average molecular weight is 194 g/mol. The van der Waals surface area contributed by atoms with Gasteiger partial charge in [0.05, 0.1) is 0 Å². The molecule has 0 unspecified atom stereocenters. The number of rotatable bonds is 3. The summed E-state index contributed by atoms with van der Waals surface area (Å²) < 4.78 is 0. The predicted octanol–water partition coefficient (Wildman–Crippen LogP) is -3.14. The van der Waals surface area contributed by atoms with Crippen LogP contribution in [0.1, 0.15) is 10.4 Å². The Balaban J connectivity index is 3.20. The van der Waals surface area contributed by atoms with Crippen molar-refractivity contribution >= 4 is 31.4 Å². The molecular formula is C7H8B2O5. The van der Waals surface area contributed by atoms with Crippen LogP contribution in [0.15, 0.2) is 18.2 Å². The molecule has 1 aromatic rings. The molecule has 0 saturated heterocycles. The first-order valence-electron chi connectivity index (χ1n) is 3.87. The molecule has 1 aromatic carbocycles. The molecule has 0 heterocycles. The highest BCUT2D eigenvalue weighted by Crippen LogP contribution is 1.92. The number of benzene rings is 1. The highest BCUT2D eigenvalue weighted by Gasteiger charge is 2.17. The second-order valence-electron chi connectivity index (χ2n) is 2.80. The van der Waals surface area contributed by atoms with Gasteiger partial charge < -0.3 is 20.1 Å². The molecule has 0 saturated carbocycles. The number of aldehydes is 1. The molecule has 0 aliphatic heterocycles. The Bertz CT molecular complexity index is 313. The van der Waals surface area contributed by atoms with Crippen LogP contribution in [0.2, 0.25) is 0 Å². The van der Waals surface area contributed by atoms with Gasteiger partial charge >= 0.3 is 14.2 Å². The lowest BCUT2D eigenvalue weighted by Crippen LogP contribution is -2.38. The zero-order chi connectivity index (χ0) is 10.7. The normalized spacial score (nSPS) is 9.71. The lowest BCUT2D eigenvalue weighted by atomic mass is 9.72. The maximum Gasteiger partial charge on any atom is 0.488 e. The average Bonchev–Trinajstić information content (AvgIpc) is 2.16. The first-order valence-corrected chi connectivity index (χ1v) is 3.87. The van der Waals surface area contributed by atoms with Crippen LogP contribution in [0.5, 0.6) is 0 Å². The second-order valence-corrected chi connectivity index (χ2v) is 2.80. The van der Waals surface area contributed by atoms with Crippen molar-refractivity contribution in [2.45, 2.75) is 0 Å². The van der Waals surface area contributed by atoms with Crippen LogP contribution >= 0.6 is 0 Å². The Morgan fingerprint density at radius 3 is 1.64 bits per heavy atom. The van der Waals surface area contributed by atoms with Gasteiger partial charge in [0.25, 0.3) is 0 Å². The van der Waals surface area contributed by atoms with Gasteiger partial charge in [-0.2, -0.15) is 0 Å². The number of hydrogen-bond acceptors (Lipinski definition) is 5. The maximum atomic E-state index is 10.4. The van der Waals surface area contributed by atoms with Gasteiger partial charge in [-0.05, 0) is 10.9 Å². The van der Waals surface area contributed by atoms with E-state index in [1.165, 1.54) is 18.2 Å². The fourth-order valence-corrected chi connectivity index (χ4v) is 1.07. The Labute approximate surface area is 80.9 Å². The van der Waals surface area contributed by atoms with Crippen molar-refractivity contribution in [2.75, 3.05) is 0 Å². The van der Waals surface area contributed by atoms with E-state index in [0.29, 0.717) is 6.29 Å². The third-order valence-corrected chi connectivity index (χ3v) is 1.73. The summed E-state index contributed by atoms with van der Waals surface area (Å²) in [4.78, 5) is 10.4. The lowest BCUT2D eigenvalue weighted by molar-refractivity contribution is 0.112. The molecule has 7 heteroatoms. The first-order chi connectivity index (χ1) is 6.54. The molecule has 5 nitrogen and oxygen atoms in total. The standard InChI is InChI=1S/C7H8B2O5/c10-4-5-1-6(8(11)12)3-7(2-5)9(13)14/h1-4,11-14H. The van der Waals surface area contributed by atoms with Crippen molar-refractivity contribution in [2.24, 2.45) is 0 Å². The Morgan fingerprint density at radius 2 is 1.36 bits per heavy atom. The van der Waals surface area contributed by atoms with E-state index >= 15 is 0 Å². The van der Waals surface area contributed by atoms with E-state index in [1.807, 2.05) is 0 Å². The topological polar surface area (TPSA) is 98.0 Å². The zero-order valence-electron chi connectivity index (χ0n) is 7.16. The highest BCUT2D eigenvalue weighted by molar-refractivity contribution is 6.62. The maximum absolute atomic E-state index is 10.4. The summed E-state index contributed by atoms with van der Waals surface area (Å²) in [7, 11) is -3.49. The largest absolute Gasteiger partial charge is 0.488 e. The summed E-state index contributed by atoms with van der Waals surface area (Å²) in [6, 6.07) is 3.70. The van der Waals surface area contributed by atoms with Gasteiger partial charge in [0, 0.05) is 5.56 Å². The van der Waals surface area contributed by atoms with Gasteiger partial charge in [-0.3, -0.25) is 4.79 Å². The predicted molar refractivity (Wildman–Crippen MR) is 51.5 cm³/mol. The summed E-state index contributed by atoms with van der Waals surface area (Å²) in [6.45, 7) is 0. The molecule has 0 aliphatic carbocycles. The van der Waals surface area contributed by atoms with E-state index < -0.39 is 14.2 Å². The number of carbonyl (C=O) groups is 1. The third kappa shape index (κ3) is 2.43. The van der Waals surface area contributed by atoms with Gasteiger partial charge in [0.2, 0.25) is 0 Å². The SMILES string of the molecule is O=Cc1cc(B(O)O)cc(B(O)O)c1. The summed E-state index contributed by atoms with van der Waals surface area (Å²) in [6.07, 6.45) is 0.484. The molecular weight excluding hydrogens is 186 g/mol. The van der Waals surface area contributed by atoms with Gasteiger partial charge in [-0.1, -0.05) is 18.2 Å². The van der Waals surface area contributed by atoms with Crippen molar-refractivity contribution in [3.8, 4) is 0 Å². The van der Waals surface area contributed by atoms with Crippen LogP contribution in [0.3, 0.4) is 0 Å². The number of carbonyl (C=O) groups excluding carboxylic acids is 1. The van der Waals surface area contributed by atoms with E-state index in [-0.39, 0.29) is 16.5 Å². The van der Waals surface area contributed by atoms with Gasteiger partial charge in [0.15, 0.2) is 0 Å². The minimum atomic E-state index is -1.74. The van der Waals surface area contributed by atoms with Crippen LogP contribution in [0, 0.1) is 0 Å². The molecule has 0 fully saturated rings. The number of hydrogen-bond donors (Lipinski definition) is 4. The van der Waals surface area contributed by atoms with Crippen molar-refractivity contribution in [3.63, 3.8) is 0 Å². The molecule has 4 N–H and O–H groups in total. The summed E-state index contributed by atoms with van der Waals surface area (Å²) in [5.41, 5.74) is 0.231. The van der Waals surface area contributed by atoms with Gasteiger partial charge in [0.1, 0.15) is 6.29 Å². The molecule has 0 atom stereocenters. The van der Waals surface area contributed by atoms with Crippen molar-refractivity contribution in [1.29, 1.82) is 0 Å². The molecule has 0 aliphatic rings. The molecule has 0 radical (unpaired) electrons. The molecule has 72 valence electrons. The smallest absolute Gasteiger partial charge is 0.423 e. The van der Waals surface area contributed by atoms with E-state index in [0.717, 1.165) is 0 Å². The Morgan fingerprint density at radius 1 is 0.929 bits per heavy atom. The lowest BCUT2D eigenvalue weighted by Gasteiger charge is -2.05. The molecule has 14 heavy (non-hydrogen) atoms. The summed E-state index contributed by atoms with van der Waals surface area (Å²) in [5, 5.41) is 35.3. The first kappa shape index (κ1) is 10.9. The van der Waals surface area contributed by atoms with Crippen molar-refractivity contribution in [3.05, 3.63) is 23.8 Å². The van der Waals surface area contributed by atoms with E-state index in [9.17, 15) is 4.79 Å². The van der Waals surface area contributed by atoms with Crippen molar-refractivity contribution < 1.29 is 24.9 Å². The quantitative estimate of drug-likeness (QED) is 0.301. The Hall–Kier alpha value is -1.14. The van der Waals surface area contributed by atoms with Crippen LogP contribution in [0.4, 0.5) is 0 Å². The third-order valence-electron chi connectivity index (χ3n) is 1.73. The minimum absolute atomic E-state index is 0.0395. The second kappa shape index (κ2) is 4.39. The summed E-state index contributed by atoms with van der Waals surface area (Å²) in [5.74, 6) is 0. The Kier molecular flexibility index (Phi) is 3.43. The molecule has 0 spiro atoms. The molecule has 0 bridgehead atoms. The van der Waals surface area contributed by atoms with E-state index in [1.54, 1.807) is 0 Å². The van der Waals surface area contributed by atoms with E-state index in [4.69, 9.17) is 20.1 Å². The molecule has 1 rings (SSSR count). The minimum Gasteiger partial charge on any atom is -0.423 e. The van der Waals surface area contributed by atoms with Crippen LogP contribution in [0.25, 0.3) is 0 Å². The fraction of sp³-hybridized carbons (Fsp3) is 0.